The van der Waals surface area contributed by atoms with Crippen LogP contribution in [0.4, 0.5) is 0 Å². The third-order valence-corrected chi connectivity index (χ3v) is 7.36. The van der Waals surface area contributed by atoms with Gasteiger partial charge >= 0.3 is 0 Å². The molecule has 1 aromatic rings. The molecule has 2 aliphatic heterocycles. The molecular formula is C18H30N4O3S. The van der Waals surface area contributed by atoms with Crippen molar-refractivity contribution in [2.75, 3.05) is 33.2 Å². The van der Waals surface area contributed by atoms with Gasteiger partial charge in [0.15, 0.2) is 0 Å². The van der Waals surface area contributed by atoms with Crippen LogP contribution in [0.3, 0.4) is 0 Å². The van der Waals surface area contributed by atoms with Gasteiger partial charge in [-0.1, -0.05) is 6.92 Å². The van der Waals surface area contributed by atoms with Crippen LogP contribution in [0.5, 0.6) is 0 Å². The van der Waals surface area contributed by atoms with Gasteiger partial charge in [-0.2, -0.15) is 4.31 Å². The number of nitrogens with one attached hydrogen (secondary N) is 1. The summed E-state index contributed by atoms with van der Waals surface area (Å²) < 4.78 is 29.2. The van der Waals surface area contributed by atoms with Gasteiger partial charge in [-0.25, -0.2) is 8.42 Å². The van der Waals surface area contributed by atoms with Crippen molar-refractivity contribution in [2.45, 2.75) is 43.5 Å². The summed E-state index contributed by atoms with van der Waals surface area (Å²) in [4.78, 5) is 15.1. The number of sulfonamides is 1. The van der Waals surface area contributed by atoms with E-state index in [4.69, 9.17) is 0 Å². The molecule has 0 spiro atoms. The van der Waals surface area contributed by atoms with Crippen LogP contribution in [0.1, 0.15) is 43.1 Å². The van der Waals surface area contributed by atoms with Crippen LogP contribution < -0.4 is 5.32 Å². The summed E-state index contributed by atoms with van der Waals surface area (Å²) in [5, 5.41) is 3.13. The van der Waals surface area contributed by atoms with Crippen LogP contribution in [0.2, 0.25) is 0 Å². The molecule has 26 heavy (non-hydrogen) atoms. The molecule has 0 bridgehead atoms. The standard InChI is InChI=1S/C18H30N4O3S/c1-14-6-4-8-21(12-14)26(24,25)16-10-17(20(3)13-16)18(23)22-9-5-7-15(22)11-19-2/h10,13-15,19H,4-9,11-12H2,1-3H3. The third-order valence-electron chi connectivity index (χ3n) is 5.53. The number of amides is 1. The lowest BCUT2D eigenvalue weighted by atomic mass is 10.0. The van der Waals surface area contributed by atoms with Gasteiger partial charge < -0.3 is 14.8 Å². The van der Waals surface area contributed by atoms with Gasteiger partial charge in [0.2, 0.25) is 10.0 Å². The van der Waals surface area contributed by atoms with Gasteiger partial charge in [-0.15, -0.1) is 0 Å². The quantitative estimate of drug-likeness (QED) is 0.832. The summed E-state index contributed by atoms with van der Waals surface area (Å²) in [6.45, 7) is 4.67. The molecule has 2 aliphatic rings. The Bertz CT molecular complexity index is 758. The van der Waals surface area contributed by atoms with E-state index in [9.17, 15) is 13.2 Å². The first-order valence-electron chi connectivity index (χ1n) is 9.46. The summed E-state index contributed by atoms with van der Waals surface area (Å²) in [7, 11) is 0.0790. The maximum absolute atomic E-state index is 13.0. The molecular weight excluding hydrogens is 352 g/mol. The Labute approximate surface area is 156 Å². The van der Waals surface area contributed by atoms with Gasteiger partial charge in [0, 0.05) is 45.5 Å². The number of likely N-dealkylation sites (tertiary alicyclic amines) is 1. The molecule has 3 heterocycles. The van der Waals surface area contributed by atoms with Crippen molar-refractivity contribution < 1.29 is 13.2 Å². The highest BCUT2D eigenvalue weighted by atomic mass is 32.2. The number of carbonyl (C=O) groups excluding carboxylic acids is 1. The lowest BCUT2D eigenvalue weighted by Gasteiger charge is -2.29. The number of hydrogen-bond donors (Lipinski definition) is 1. The predicted octanol–water partition coefficient (Wildman–Crippen LogP) is 1.27. The van der Waals surface area contributed by atoms with E-state index in [1.807, 2.05) is 11.9 Å². The SMILES string of the molecule is CNCC1CCCN1C(=O)c1cc(S(=O)(=O)N2CCCC(C)C2)cn1C. The highest BCUT2D eigenvalue weighted by Gasteiger charge is 2.33. The van der Waals surface area contributed by atoms with Crippen molar-refractivity contribution in [1.29, 1.82) is 0 Å². The molecule has 3 rings (SSSR count). The Morgan fingerprint density at radius 1 is 1.27 bits per heavy atom. The molecule has 0 aromatic carbocycles. The van der Waals surface area contributed by atoms with Crippen molar-refractivity contribution in [3.8, 4) is 0 Å². The minimum absolute atomic E-state index is 0.0845. The van der Waals surface area contributed by atoms with E-state index in [1.54, 1.807) is 28.2 Å². The van der Waals surface area contributed by atoms with E-state index >= 15 is 0 Å². The number of piperidine rings is 1. The zero-order valence-electron chi connectivity index (χ0n) is 15.9. The lowest BCUT2D eigenvalue weighted by molar-refractivity contribution is 0.0727. The van der Waals surface area contributed by atoms with Crippen molar-refractivity contribution in [2.24, 2.45) is 13.0 Å². The molecule has 1 aromatic heterocycles. The molecule has 2 saturated heterocycles. The molecule has 146 valence electrons. The zero-order valence-corrected chi connectivity index (χ0v) is 16.8. The molecule has 0 saturated carbocycles. The Kier molecular flexibility index (Phi) is 5.74. The van der Waals surface area contributed by atoms with Gasteiger partial charge in [-0.3, -0.25) is 4.79 Å². The molecule has 2 unspecified atom stereocenters. The van der Waals surface area contributed by atoms with Crippen molar-refractivity contribution in [1.82, 2.24) is 19.1 Å². The number of rotatable bonds is 5. The molecule has 0 aliphatic carbocycles. The molecule has 2 fully saturated rings. The summed E-state index contributed by atoms with van der Waals surface area (Å²) in [6, 6.07) is 1.72. The number of carbonyl (C=O) groups is 1. The Balaban J connectivity index is 1.83. The summed E-state index contributed by atoms with van der Waals surface area (Å²) in [5.74, 6) is 0.286. The Hall–Kier alpha value is -1.38. The van der Waals surface area contributed by atoms with Crippen molar-refractivity contribution in [3.05, 3.63) is 18.0 Å². The normalized spacial score (nSPS) is 25.0. The second-order valence-electron chi connectivity index (χ2n) is 7.63. The Morgan fingerprint density at radius 2 is 2.00 bits per heavy atom. The molecule has 7 nitrogen and oxygen atoms in total. The second-order valence-corrected chi connectivity index (χ2v) is 9.57. The third kappa shape index (κ3) is 3.68. The summed E-state index contributed by atoms with van der Waals surface area (Å²) >= 11 is 0. The molecule has 1 amide bonds. The lowest BCUT2D eigenvalue weighted by Crippen LogP contribution is -2.41. The minimum Gasteiger partial charge on any atom is -0.345 e. The second kappa shape index (κ2) is 7.70. The van der Waals surface area contributed by atoms with Crippen LogP contribution >= 0.6 is 0 Å². The Morgan fingerprint density at radius 3 is 2.69 bits per heavy atom. The smallest absolute Gasteiger partial charge is 0.270 e. The first kappa shape index (κ1) is 19.4. The summed E-state index contributed by atoms with van der Waals surface area (Å²) in [5.41, 5.74) is 0.441. The van der Waals surface area contributed by atoms with Crippen LogP contribution in [-0.2, 0) is 17.1 Å². The topological polar surface area (TPSA) is 74.7 Å². The van der Waals surface area contributed by atoms with Crippen molar-refractivity contribution >= 4 is 15.9 Å². The fourth-order valence-corrected chi connectivity index (χ4v) is 5.77. The van der Waals surface area contributed by atoms with Gasteiger partial charge in [0.25, 0.3) is 5.91 Å². The van der Waals surface area contributed by atoms with Crippen LogP contribution in [0.25, 0.3) is 0 Å². The predicted molar refractivity (Wildman–Crippen MR) is 101 cm³/mol. The zero-order chi connectivity index (χ0) is 18.9. The van der Waals surface area contributed by atoms with E-state index in [0.29, 0.717) is 24.7 Å². The highest BCUT2D eigenvalue weighted by Crippen LogP contribution is 2.26. The number of aryl methyl sites for hydroxylation is 1. The number of aromatic nitrogens is 1. The largest absolute Gasteiger partial charge is 0.345 e. The van der Waals surface area contributed by atoms with Crippen LogP contribution in [0, 0.1) is 5.92 Å². The van der Waals surface area contributed by atoms with Crippen LogP contribution in [0.15, 0.2) is 17.2 Å². The fourth-order valence-electron chi connectivity index (χ4n) is 4.10. The number of hydrogen-bond acceptors (Lipinski definition) is 4. The average molecular weight is 383 g/mol. The van der Waals surface area contributed by atoms with Crippen molar-refractivity contribution in [3.63, 3.8) is 0 Å². The first-order valence-corrected chi connectivity index (χ1v) is 10.9. The molecule has 1 N–H and O–H groups in total. The molecule has 0 radical (unpaired) electrons. The van der Waals surface area contributed by atoms with Gasteiger partial charge in [0.1, 0.15) is 10.6 Å². The van der Waals surface area contributed by atoms with E-state index < -0.39 is 10.0 Å². The molecule has 2 atom stereocenters. The minimum atomic E-state index is -3.55. The highest BCUT2D eigenvalue weighted by molar-refractivity contribution is 7.89. The maximum atomic E-state index is 13.0. The van der Waals surface area contributed by atoms with E-state index in [-0.39, 0.29) is 16.8 Å². The number of likely N-dealkylation sites (N-methyl/N-ethyl adjacent to an activating group) is 1. The first-order chi connectivity index (χ1) is 12.3. The average Bonchev–Trinajstić information content (AvgIpc) is 3.21. The number of nitrogens with zero attached hydrogens (tertiary/aromatic N) is 3. The molecule has 8 heteroatoms. The summed E-state index contributed by atoms with van der Waals surface area (Å²) in [6.07, 6.45) is 5.49. The maximum Gasteiger partial charge on any atom is 0.270 e. The van der Waals surface area contributed by atoms with E-state index in [2.05, 4.69) is 12.2 Å². The van der Waals surface area contributed by atoms with Gasteiger partial charge in [-0.05, 0) is 44.7 Å². The van der Waals surface area contributed by atoms with E-state index in [1.165, 1.54) is 0 Å². The monoisotopic (exact) mass is 382 g/mol. The fraction of sp³-hybridized carbons (Fsp3) is 0.722. The van der Waals surface area contributed by atoms with E-state index in [0.717, 1.165) is 38.8 Å². The van der Waals surface area contributed by atoms with Crippen LogP contribution in [-0.4, -0.2) is 67.4 Å². The van der Waals surface area contributed by atoms with Gasteiger partial charge in [0.05, 0.1) is 0 Å².